The number of hydrogen-bond acceptors (Lipinski definition) is 7. The summed E-state index contributed by atoms with van der Waals surface area (Å²) in [6.45, 7) is 4.49. The molecular weight excluding hydrogens is 394 g/mol. The molecule has 1 amide bonds. The highest BCUT2D eigenvalue weighted by molar-refractivity contribution is 5.98. The Balaban J connectivity index is 1.54. The molecule has 1 saturated heterocycles. The van der Waals surface area contributed by atoms with Gasteiger partial charge < -0.3 is 19.1 Å². The number of aromatic nitrogens is 3. The van der Waals surface area contributed by atoms with Crippen LogP contribution in [0.4, 0.5) is 5.82 Å². The van der Waals surface area contributed by atoms with Crippen LogP contribution in [-0.2, 0) is 4.79 Å². The quantitative estimate of drug-likeness (QED) is 0.572. The molecule has 0 aliphatic carbocycles. The molecule has 3 heterocycles. The van der Waals surface area contributed by atoms with Gasteiger partial charge in [0.2, 0.25) is 5.91 Å². The van der Waals surface area contributed by atoms with Gasteiger partial charge >= 0.3 is 0 Å². The van der Waals surface area contributed by atoms with Crippen molar-refractivity contribution in [2.45, 2.75) is 32.6 Å². The average Bonchev–Trinajstić information content (AvgIpc) is 3.26. The van der Waals surface area contributed by atoms with Crippen molar-refractivity contribution in [2.75, 3.05) is 38.7 Å². The fraction of sp³-hybridized carbons (Fsp3) is 0.478. The lowest BCUT2D eigenvalue weighted by molar-refractivity contribution is -0.134. The van der Waals surface area contributed by atoms with Crippen molar-refractivity contribution in [1.29, 1.82) is 0 Å². The van der Waals surface area contributed by atoms with E-state index < -0.39 is 0 Å². The van der Waals surface area contributed by atoms with Gasteiger partial charge in [0.25, 0.3) is 5.71 Å². The van der Waals surface area contributed by atoms with Gasteiger partial charge in [0.1, 0.15) is 29.0 Å². The van der Waals surface area contributed by atoms with Crippen molar-refractivity contribution in [2.24, 2.45) is 5.92 Å². The number of benzene rings is 1. The molecule has 8 nitrogen and oxygen atoms in total. The molecular formula is C23H29N5O3. The minimum atomic E-state index is 0.0685. The van der Waals surface area contributed by atoms with Gasteiger partial charge in [-0.25, -0.2) is 4.98 Å². The molecule has 0 spiro atoms. The van der Waals surface area contributed by atoms with Crippen LogP contribution in [0.25, 0.3) is 22.4 Å². The van der Waals surface area contributed by atoms with Crippen LogP contribution >= 0.6 is 0 Å². The van der Waals surface area contributed by atoms with Crippen molar-refractivity contribution in [3.63, 3.8) is 0 Å². The molecule has 0 atom stereocenters. The Bertz CT molecular complexity index is 1030. The second-order valence-corrected chi connectivity index (χ2v) is 8.01. The number of amides is 1. The summed E-state index contributed by atoms with van der Waals surface area (Å²) in [5.74, 6) is 1.91. The van der Waals surface area contributed by atoms with E-state index >= 15 is 0 Å². The molecule has 1 aromatic carbocycles. The second-order valence-electron chi connectivity index (χ2n) is 8.01. The van der Waals surface area contributed by atoms with Gasteiger partial charge in [0.05, 0.1) is 7.11 Å². The van der Waals surface area contributed by atoms with E-state index in [1.807, 2.05) is 36.2 Å². The van der Waals surface area contributed by atoms with Gasteiger partial charge in [-0.05, 0) is 43.5 Å². The number of unbranched alkanes of at least 4 members (excludes halogenated alkanes) is 1. The smallest absolute Gasteiger partial charge is 0.263 e. The van der Waals surface area contributed by atoms with Crippen LogP contribution in [0.2, 0.25) is 0 Å². The number of fused-ring (bicyclic) bond motifs is 1. The summed E-state index contributed by atoms with van der Waals surface area (Å²) in [5.41, 5.74) is 2.09. The number of nitrogens with zero attached hydrogens (tertiary/aromatic N) is 5. The van der Waals surface area contributed by atoms with Crippen molar-refractivity contribution in [3.8, 4) is 17.0 Å². The molecule has 0 unspecified atom stereocenters. The Morgan fingerprint density at radius 2 is 1.97 bits per heavy atom. The van der Waals surface area contributed by atoms with E-state index in [1.165, 1.54) is 6.33 Å². The van der Waals surface area contributed by atoms with E-state index in [0.29, 0.717) is 11.4 Å². The Morgan fingerprint density at radius 1 is 1.23 bits per heavy atom. The van der Waals surface area contributed by atoms with E-state index in [9.17, 15) is 4.79 Å². The highest BCUT2D eigenvalue weighted by Gasteiger charge is 2.29. The lowest BCUT2D eigenvalue weighted by Crippen LogP contribution is -2.41. The number of carbonyl (C=O) groups excluding carboxylic acids is 1. The third-order valence-electron chi connectivity index (χ3n) is 5.98. The van der Waals surface area contributed by atoms with E-state index in [-0.39, 0.29) is 11.8 Å². The maximum absolute atomic E-state index is 12.8. The molecule has 0 saturated carbocycles. The molecule has 3 aromatic rings. The van der Waals surface area contributed by atoms with Crippen molar-refractivity contribution in [1.82, 2.24) is 20.0 Å². The molecule has 4 rings (SSSR count). The molecule has 0 N–H and O–H groups in total. The van der Waals surface area contributed by atoms with Gasteiger partial charge in [-0.15, -0.1) is 0 Å². The summed E-state index contributed by atoms with van der Waals surface area (Å²) >= 11 is 0. The summed E-state index contributed by atoms with van der Waals surface area (Å²) in [4.78, 5) is 25.7. The molecule has 0 radical (unpaired) electrons. The number of anilines is 1. The highest BCUT2D eigenvalue weighted by Crippen LogP contribution is 2.35. The minimum Gasteiger partial charge on any atom is -0.497 e. The molecule has 164 valence electrons. The van der Waals surface area contributed by atoms with E-state index in [2.05, 4.69) is 26.9 Å². The largest absolute Gasteiger partial charge is 0.497 e. The molecule has 1 aliphatic rings. The van der Waals surface area contributed by atoms with Crippen LogP contribution in [0.3, 0.4) is 0 Å². The first kappa shape index (κ1) is 21.1. The van der Waals surface area contributed by atoms with Crippen LogP contribution in [0.15, 0.2) is 35.1 Å². The average molecular weight is 424 g/mol. The lowest BCUT2D eigenvalue weighted by Gasteiger charge is -2.34. The zero-order valence-corrected chi connectivity index (χ0v) is 18.4. The van der Waals surface area contributed by atoms with Crippen molar-refractivity contribution >= 4 is 22.8 Å². The van der Waals surface area contributed by atoms with E-state index in [4.69, 9.17) is 9.26 Å². The maximum atomic E-state index is 12.8. The first-order valence-corrected chi connectivity index (χ1v) is 10.9. The monoisotopic (exact) mass is 423 g/mol. The Labute approximate surface area is 182 Å². The summed E-state index contributed by atoms with van der Waals surface area (Å²) < 4.78 is 10.8. The summed E-state index contributed by atoms with van der Waals surface area (Å²) in [6, 6.07) is 7.69. The van der Waals surface area contributed by atoms with E-state index in [0.717, 1.165) is 67.8 Å². The molecule has 1 fully saturated rings. The zero-order valence-electron chi connectivity index (χ0n) is 18.4. The minimum absolute atomic E-state index is 0.0685. The maximum Gasteiger partial charge on any atom is 0.263 e. The number of piperidine rings is 1. The normalized spacial score (nSPS) is 14.7. The SMILES string of the molecule is CCCCN(C)C(=O)C1CCN(c2ncnc3onc(-c4ccc(OC)cc4)c23)CC1. The van der Waals surface area contributed by atoms with Gasteiger partial charge in [0.15, 0.2) is 0 Å². The predicted molar refractivity (Wildman–Crippen MR) is 119 cm³/mol. The van der Waals surface area contributed by atoms with Crippen LogP contribution in [0.1, 0.15) is 32.6 Å². The Kier molecular flexibility index (Phi) is 6.34. The third kappa shape index (κ3) is 4.33. The van der Waals surface area contributed by atoms with Crippen LogP contribution in [-0.4, -0.2) is 59.7 Å². The van der Waals surface area contributed by atoms with Crippen molar-refractivity contribution < 1.29 is 14.1 Å². The number of rotatable bonds is 7. The number of methoxy groups -OCH3 is 1. The van der Waals surface area contributed by atoms with Crippen LogP contribution in [0, 0.1) is 5.92 Å². The number of ether oxygens (including phenoxy) is 1. The molecule has 8 heteroatoms. The summed E-state index contributed by atoms with van der Waals surface area (Å²) in [7, 11) is 3.55. The summed E-state index contributed by atoms with van der Waals surface area (Å²) in [6.07, 6.45) is 5.26. The van der Waals surface area contributed by atoms with Crippen molar-refractivity contribution in [3.05, 3.63) is 30.6 Å². The number of hydrogen-bond donors (Lipinski definition) is 0. The van der Waals surface area contributed by atoms with Gasteiger partial charge in [0, 0.05) is 38.2 Å². The summed E-state index contributed by atoms with van der Waals surface area (Å²) in [5, 5.41) is 5.07. The first-order chi connectivity index (χ1) is 15.1. The fourth-order valence-corrected chi connectivity index (χ4v) is 4.11. The highest BCUT2D eigenvalue weighted by atomic mass is 16.5. The first-order valence-electron chi connectivity index (χ1n) is 10.9. The fourth-order valence-electron chi connectivity index (χ4n) is 4.11. The Hall–Kier alpha value is -3.16. The van der Waals surface area contributed by atoms with Crippen LogP contribution in [0.5, 0.6) is 5.75 Å². The van der Waals surface area contributed by atoms with Gasteiger partial charge in [-0.2, -0.15) is 4.98 Å². The topological polar surface area (TPSA) is 84.6 Å². The zero-order chi connectivity index (χ0) is 21.8. The lowest BCUT2D eigenvalue weighted by atomic mass is 9.95. The third-order valence-corrected chi connectivity index (χ3v) is 5.98. The van der Waals surface area contributed by atoms with Crippen LogP contribution < -0.4 is 9.64 Å². The molecule has 1 aliphatic heterocycles. The molecule has 2 aromatic heterocycles. The number of carbonyl (C=O) groups is 1. The Morgan fingerprint density at radius 3 is 2.65 bits per heavy atom. The molecule has 0 bridgehead atoms. The van der Waals surface area contributed by atoms with Gasteiger partial charge in [-0.1, -0.05) is 18.5 Å². The predicted octanol–water partition coefficient (Wildman–Crippen LogP) is 3.77. The molecule has 31 heavy (non-hydrogen) atoms. The van der Waals surface area contributed by atoms with Gasteiger partial charge in [-0.3, -0.25) is 4.79 Å². The standard InChI is InChI=1S/C23H29N5O3/c1-4-5-12-27(2)23(29)17-10-13-28(14-11-17)21-19-20(26-31-22(19)25-15-24-21)16-6-8-18(30-3)9-7-16/h6-9,15,17H,4-5,10-14H2,1-3H3. The second kappa shape index (κ2) is 9.32. The van der Waals surface area contributed by atoms with E-state index in [1.54, 1.807) is 7.11 Å².